The predicted octanol–water partition coefficient (Wildman–Crippen LogP) is 2.31. The fourth-order valence-electron chi connectivity index (χ4n) is 2.50. The molecule has 1 aliphatic rings. The molecule has 0 amide bonds. The summed E-state index contributed by atoms with van der Waals surface area (Å²) in [4.78, 5) is 12.4. The minimum atomic E-state index is -0.732. The minimum Gasteiger partial charge on any atom is -0.313 e. The van der Waals surface area contributed by atoms with Crippen molar-refractivity contribution in [2.24, 2.45) is 0 Å². The van der Waals surface area contributed by atoms with Crippen LogP contribution in [-0.4, -0.2) is 36.0 Å². The van der Waals surface area contributed by atoms with Crippen LogP contribution in [0.3, 0.4) is 0 Å². The van der Waals surface area contributed by atoms with Crippen molar-refractivity contribution in [3.05, 3.63) is 39.7 Å². The van der Waals surface area contributed by atoms with Crippen LogP contribution in [0, 0.1) is 15.9 Å². The van der Waals surface area contributed by atoms with Crippen molar-refractivity contribution >= 4 is 5.69 Å². The number of nitrogens with zero attached hydrogens (tertiary/aromatic N) is 2. The number of nitro benzene ring substituents is 1. The van der Waals surface area contributed by atoms with Gasteiger partial charge in [-0.3, -0.25) is 10.1 Å². The number of hydrogen-bond donors (Lipinski definition) is 1. The lowest BCUT2D eigenvalue weighted by atomic mass is 10.2. The second-order valence-electron chi connectivity index (χ2n) is 5.09. The zero-order valence-corrected chi connectivity index (χ0v) is 11.5. The maximum atomic E-state index is 13.8. The van der Waals surface area contributed by atoms with E-state index in [0.29, 0.717) is 12.1 Å². The van der Waals surface area contributed by atoms with Crippen LogP contribution in [0.25, 0.3) is 0 Å². The highest BCUT2D eigenvalue weighted by atomic mass is 19.1. The van der Waals surface area contributed by atoms with Crippen LogP contribution in [0.2, 0.25) is 0 Å². The van der Waals surface area contributed by atoms with E-state index in [9.17, 15) is 14.5 Å². The van der Waals surface area contributed by atoms with E-state index in [1.807, 2.05) is 0 Å². The van der Waals surface area contributed by atoms with Gasteiger partial charge in [0, 0.05) is 18.2 Å². The van der Waals surface area contributed by atoms with Crippen LogP contribution < -0.4 is 5.32 Å². The summed E-state index contributed by atoms with van der Waals surface area (Å²) in [5.74, 6) is -0.732. The number of halogens is 1. The Kier molecular flexibility index (Phi) is 5.43. The first-order chi connectivity index (χ1) is 9.68. The normalized spacial score (nSPS) is 15.7. The molecule has 1 fully saturated rings. The highest BCUT2D eigenvalue weighted by molar-refractivity contribution is 5.36. The van der Waals surface area contributed by atoms with Crippen molar-refractivity contribution in [2.45, 2.75) is 25.8 Å². The molecule has 110 valence electrons. The molecular weight excluding hydrogens is 261 g/mol. The van der Waals surface area contributed by atoms with Gasteiger partial charge in [0.05, 0.1) is 4.92 Å². The zero-order valence-electron chi connectivity index (χ0n) is 11.5. The number of hydrogen-bond acceptors (Lipinski definition) is 4. The molecule has 6 heteroatoms. The first-order valence-corrected chi connectivity index (χ1v) is 7.03. The van der Waals surface area contributed by atoms with E-state index < -0.39 is 16.4 Å². The number of rotatable bonds is 7. The van der Waals surface area contributed by atoms with Gasteiger partial charge in [-0.1, -0.05) is 12.1 Å². The molecule has 0 unspecified atom stereocenters. The van der Waals surface area contributed by atoms with E-state index in [-0.39, 0.29) is 0 Å². The molecule has 0 aliphatic carbocycles. The molecule has 1 N–H and O–H groups in total. The Morgan fingerprint density at radius 1 is 1.35 bits per heavy atom. The average Bonchev–Trinajstić information content (AvgIpc) is 2.93. The maximum absolute atomic E-state index is 13.8. The second-order valence-corrected chi connectivity index (χ2v) is 5.09. The summed E-state index contributed by atoms with van der Waals surface area (Å²) in [6, 6.07) is 4.28. The lowest BCUT2D eigenvalue weighted by Crippen LogP contribution is -2.24. The van der Waals surface area contributed by atoms with Gasteiger partial charge < -0.3 is 10.2 Å². The Balaban J connectivity index is 1.73. The van der Waals surface area contributed by atoms with E-state index >= 15 is 0 Å². The predicted molar refractivity (Wildman–Crippen MR) is 75.1 cm³/mol. The molecule has 1 aromatic carbocycles. The fourth-order valence-corrected chi connectivity index (χ4v) is 2.50. The summed E-state index contributed by atoms with van der Waals surface area (Å²) in [6.45, 7) is 4.54. The van der Waals surface area contributed by atoms with E-state index in [0.717, 1.165) is 19.5 Å². The molecule has 1 saturated heterocycles. The molecule has 2 rings (SSSR count). The van der Waals surface area contributed by atoms with Gasteiger partial charge in [-0.15, -0.1) is 0 Å². The first kappa shape index (κ1) is 14.9. The number of benzene rings is 1. The van der Waals surface area contributed by atoms with Gasteiger partial charge in [-0.2, -0.15) is 4.39 Å². The molecule has 0 spiro atoms. The monoisotopic (exact) mass is 281 g/mol. The Morgan fingerprint density at radius 3 is 2.80 bits per heavy atom. The van der Waals surface area contributed by atoms with Gasteiger partial charge in [-0.05, 0) is 45.4 Å². The third kappa shape index (κ3) is 3.98. The molecule has 1 aliphatic heterocycles. The minimum absolute atomic E-state index is 0.327. The highest BCUT2D eigenvalue weighted by Gasteiger charge is 2.16. The van der Waals surface area contributed by atoms with Gasteiger partial charge in [-0.25, -0.2) is 0 Å². The molecule has 0 bridgehead atoms. The molecule has 0 saturated carbocycles. The van der Waals surface area contributed by atoms with E-state index in [4.69, 9.17) is 0 Å². The van der Waals surface area contributed by atoms with Gasteiger partial charge >= 0.3 is 5.69 Å². The standard InChI is InChI=1S/C14H20FN3O2/c15-14-12(5-3-6-13(14)18(19)20)11-16-7-4-10-17-8-1-2-9-17/h3,5-6,16H,1-2,4,7-11H2. The van der Waals surface area contributed by atoms with Crippen molar-refractivity contribution in [1.82, 2.24) is 10.2 Å². The highest BCUT2D eigenvalue weighted by Crippen LogP contribution is 2.19. The van der Waals surface area contributed by atoms with Crippen LogP contribution in [0.15, 0.2) is 18.2 Å². The van der Waals surface area contributed by atoms with Crippen LogP contribution >= 0.6 is 0 Å². The van der Waals surface area contributed by atoms with Crippen LogP contribution in [0.4, 0.5) is 10.1 Å². The fraction of sp³-hybridized carbons (Fsp3) is 0.571. The molecular formula is C14H20FN3O2. The third-order valence-corrected chi connectivity index (χ3v) is 3.60. The van der Waals surface area contributed by atoms with Crippen LogP contribution in [0.5, 0.6) is 0 Å². The summed E-state index contributed by atoms with van der Waals surface area (Å²) in [7, 11) is 0. The van der Waals surface area contributed by atoms with Crippen LogP contribution in [-0.2, 0) is 6.54 Å². The molecule has 20 heavy (non-hydrogen) atoms. The molecule has 1 heterocycles. The van der Waals surface area contributed by atoms with Crippen molar-refractivity contribution in [2.75, 3.05) is 26.2 Å². The van der Waals surface area contributed by atoms with E-state index in [1.54, 1.807) is 6.07 Å². The molecule has 0 aromatic heterocycles. The summed E-state index contributed by atoms with van der Waals surface area (Å²) < 4.78 is 13.8. The molecule has 0 radical (unpaired) electrons. The lowest BCUT2D eigenvalue weighted by molar-refractivity contribution is -0.387. The zero-order chi connectivity index (χ0) is 14.4. The largest absolute Gasteiger partial charge is 0.313 e. The maximum Gasteiger partial charge on any atom is 0.305 e. The lowest BCUT2D eigenvalue weighted by Gasteiger charge is -2.14. The van der Waals surface area contributed by atoms with E-state index in [1.165, 1.54) is 38.1 Å². The van der Waals surface area contributed by atoms with Crippen molar-refractivity contribution < 1.29 is 9.31 Å². The quantitative estimate of drug-likeness (QED) is 0.473. The van der Waals surface area contributed by atoms with E-state index in [2.05, 4.69) is 10.2 Å². The van der Waals surface area contributed by atoms with Crippen molar-refractivity contribution in [3.8, 4) is 0 Å². The average molecular weight is 281 g/mol. The molecule has 0 atom stereocenters. The van der Waals surface area contributed by atoms with Gasteiger partial charge in [0.25, 0.3) is 0 Å². The first-order valence-electron chi connectivity index (χ1n) is 7.03. The summed E-state index contributed by atoms with van der Waals surface area (Å²) >= 11 is 0. The van der Waals surface area contributed by atoms with Crippen molar-refractivity contribution in [1.29, 1.82) is 0 Å². The number of nitro groups is 1. The summed E-state index contributed by atoms with van der Waals surface area (Å²) in [5.41, 5.74) is -0.110. The number of nitrogens with one attached hydrogen (secondary N) is 1. The van der Waals surface area contributed by atoms with Gasteiger partial charge in [0.15, 0.2) is 0 Å². The third-order valence-electron chi connectivity index (χ3n) is 3.60. The van der Waals surface area contributed by atoms with Gasteiger partial charge in [0.1, 0.15) is 0 Å². The smallest absolute Gasteiger partial charge is 0.305 e. The Morgan fingerprint density at radius 2 is 2.10 bits per heavy atom. The van der Waals surface area contributed by atoms with Crippen molar-refractivity contribution in [3.63, 3.8) is 0 Å². The topological polar surface area (TPSA) is 58.4 Å². The second kappa shape index (κ2) is 7.31. The summed E-state index contributed by atoms with van der Waals surface area (Å²) in [5, 5.41) is 13.8. The van der Waals surface area contributed by atoms with Gasteiger partial charge in [0.2, 0.25) is 5.82 Å². The summed E-state index contributed by atoms with van der Waals surface area (Å²) in [6.07, 6.45) is 3.58. The van der Waals surface area contributed by atoms with Crippen LogP contribution in [0.1, 0.15) is 24.8 Å². The Bertz CT molecular complexity index is 462. The number of likely N-dealkylation sites (tertiary alicyclic amines) is 1. The SMILES string of the molecule is O=[N+]([O-])c1cccc(CNCCCN2CCCC2)c1F. The Labute approximate surface area is 117 Å². The Hall–Kier alpha value is -1.53. The molecule has 5 nitrogen and oxygen atoms in total. The molecule has 1 aromatic rings.